The van der Waals surface area contributed by atoms with Crippen molar-refractivity contribution in [3.63, 3.8) is 0 Å². The van der Waals surface area contributed by atoms with Gasteiger partial charge in [0.25, 0.3) is 0 Å². The van der Waals surface area contributed by atoms with Gasteiger partial charge in [0.1, 0.15) is 10.6 Å². The van der Waals surface area contributed by atoms with Crippen LogP contribution in [0.1, 0.15) is 43.2 Å². The van der Waals surface area contributed by atoms with Gasteiger partial charge in [0, 0.05) is 13.0 Å². The van der Waals surface area contributed by atoms with Crippen LogP contribution in [0, 0.1) is 0 Å². The zero-order chi connectivity index (χ0) is 16.0. The van der Waals surface area contributed by atoms with E-state index in [9.17, 15) is 9.59 Å². The number of nitrogen functional groups attached to an aromatic ring is 1. The van der Waals surface area contributed by atoms with Crippen LogP contribution in [0.2, 0.25) is 0 Å². The highest BCUT2D eigenvalue weighted by Crippen LogP contribution is 2.22. The Hall–Kier alpha value is -1.83. The third kappa shape index (κ3) is 5.99. The maximum absolute atomic E-state index is 11.6. The second kappa shape index (κ2) is 7.26. The van der Waals surface area contributed by atoms with Gasteiger partial charge in [0.05, 0.1) is 11.6 Å². The van der Waals surface area contributed by atoms with Crippen LogP contribution in [-0.4, -0.2) is 35.8 Å². The third-order valence-corrected chi connectivity index (χ3v) is 3.12. The summed E-state index contributed by atoms with van der Waals surface area (Å²) in [5, 5.41) is 3.60. The molecule has 0 aromatic carbocycles. The Labute approximate surface area is 127 Å². The largest absolute Gasteiger partial charge is 0.461 e. The van der Waals surface area contributed by atoms with Gasteiger partial charge in [-0.05, 0) is 27.7 Å². The minimum absolute atomic E-state index is 0.133. The van der Waals surface area contributed by atoms with E-state index in [1.165, 1.54) is 11.3 Å². The second-order valence-electron chi connectivity index (χ2n) is 5.22. The number of nitrogens with zero attached hydrogens (tertiary/aromatic N) is 1. The van der Waals surface area contributed by atoms with E-state index in [1.807, 2.05) is 0 Å². The number of esters is 1. The van der Waals surface area contributed by atoms with Gasteiger partial charge >= 0.3 is 12.1 Å². The lowest BCUT2D eigenvalue weighted by molar-refractivity contribution is 0.0512. The number of ether oxygens (including phenoxy) is 2. The van der Waals surface area contributed by atoms with Crippen LogP contribution in [0.5, 0.6) is 0 Å². The van der Waals surface area contributed by atoms with E-state index in [0.29, 0.717) is 23.0 Å². The van der Waals surface area contributed by atoms with Gasteiger partial charge in [-0.1, -0.05) is 0 Å². The van der Waals surface area contributed by atoms with Gasteiger partial charge in [-0.3, -0.25) is 0 Å². The van der Waals surface area contributed by atoms with Crippen molar-refractivity contribution in [1.29, 1.82) is 0 Å². The first-order valence-electron chi connectivity index (χ1n) is 6.62. The number of alkyl carbamates (subject to hydrolysis) is 1. The number of anilines is 1. The molecule has 3 N–H and O–H groups in total. The first kappa shape index (κ1) is 17.2. The van der Waals surface area contributed by atoms with E-state index < -0.39 is 17.7 Å². The van der Waals surface area contributed by atoms with Crippen LogP contribution in [0.4, 0.5) is 9.80 Å². The molecule has 1 amide bonds. The summed E-state index contributed by atoms with van der Waals surface area (Å²) in [7, 11) is 0. The van der Waals surface area contributed by atoms with Crippen molar-refractivity contribution in [3.05, 3.63) is 10.7 Å². The SMILES string of the molecule is CCOC(=O)c1nc(CCNC(=O)OC(C)(C)C)sc1N. The lowest BCUT2D eigenvalue weighted by Crippen LogP contribution is -2.33. The number of hydrogen-bond acceptors (Lipinski definition) is 7. The smallest absolute Gasteiger partial charge is 0.407 e. The number of nitrogens with two attached hydrogens (primary N) is 1. The molecule has 21 heavy (non-hydrogen) atoms. The summed E-state index contributed by atoms with van der Waals surface area (Å²) in [5.74, 6) is -0.530. The van der Waals surface area contributed by atoms with E-state index in [2.05, 4.69) is 10.3 Å². The number of carbonyl (C=O) groups excluding carboxylic acids is 2. The molecule has 0 aliphatic carbocycles. The van der Waals surface area contributed by atoms with Crippen LogP contribution in [0.15, 0.2) is 0 Å². The molecule has 0 spiro atoms. The summed E-state index contributed by atoms with van der Waals surface area (Å²) in [5.41, 5.74) is 5.33. The maximum atomic E-state index is 11.6. The van der Waals surface area contributed by atoms with Gasteiger partial charge in [-0.15, -0.1) is 11.3 Å². The van der Waals surface area contributed by atoms with E-state index in [1.54, 1.807) is 27.7 Å². The van der Waals surface area contributed by atoms with E-state index >= 15 is 0 Å². The van der Waals surface area contributed by atoms with Crippen LogP contribution >= 0.6 is 11.3 Å². The predicted octanol–water partition coefficient (Wildman–Crippen LogP) is 1.97. The number of carbonyl (C=O) groups is 2. The minimum atomic E-state index is -0.535. The van der Waals surface area contributed by atoms with Gasteiger partial charge in [0.2, 0.25) is 0 Å². The molecule has 118 valence electrons. The summed E-state index contributed by atoms with van der Waals surface area (Å²) in [6.45, 7) is 7.71. The number of amides is 1. The van der Waals surface area contributed by atoms with Crippen molar-refractivity contribution in [1.82, 2.24) is 10.3 Å². The third-order valence-electron chi connectivity index (χ3n) is 2.17. The second-order valence-corrected chi connectivity index (χ2v) is 6.33. The molecule has 1 heterocycles. The van der Waals surface area contributed by atoms with Crippen LogP contribution in [0.25, 0.3) is 0 Å². The first-order valence-corrected chi connectivity index (χ1v) is 7.43. The lowest BCUT2D eigenvalue weighted by Gasteiger charge is -2.19. The molecule has 0 atom stereocenters. The minimum Gasteiger partial charge on any atom is -0.461 e. The number of nitrogens with one attached hydrogen (secondary N) is 1. The van der Waals surface area contributed by atoms with E-state index in [4.69, 9.17) is 15.2 Å². The zero-order valence-electron chi connectivity index (χ0n) is 12.7. The molecule has 0 saturated heterocycles. The van der Waals surface area contributed by atoms with Crippen LogP contribution in [-0.2, 0) is 15.9 Å². The number of aromatic nitrogens is 1. The quantitative estimate of drug-likeness (QED) is 0.805. The summed E-state index contributed by atoms with van der Waals surface area (Å²) in [6.07, 6.45) is -0.0225. The highest BCUT2D eigenvalue weighted by Gasteiger charge is 2.18. The molecule has 1 aromatic heterocycles. The molecule has 0 aliphatic rings. The number of rotatable bonds is 5. The molecule has 0 unspecified atom stereocenters. The molecular weight excluding hydrogens is 294 g/mol. The molecule has 8 heteroatoms. The fourth-order valence-corrected chi connectivity index (χ4v) is 2.24. The van der Waals surface area contributed by atoms with Crippen molar-refractivity contribution >= 4 is 28.4 Å². The van der Waals surface area contributed by atoms with Crippen molar-refractivity contribution in [2.75, 3.05) is 18.9 Å². The molecule has 7 nitrogen and oxygen atoms in total. The fraction of sp³-hybridized carbons (Fsp3) is 0.615. The Morgan fingerprint density at radius 1 is 1.38 bits per heavy atom. The molecule has 0 bridgehead atoms. The van der Waals surface area contributed by atoms with Crippen molar-refractivity contribution in [2.45, 2.75) is 39.7 Å². The first-order chi connectivity index (χ1) is 9.73. The fourth-order valence-electron chi connectivity index (χ4n) is 1.42. The Balaban J connectivity index is 2.48. The van der Waals surface area contributed by atoms with Gasteiger partial charge in [-0.2, -0.15) is 0 Å². The summed E-state index contributed by atoms with van der Waals surface area (Å²) in [6, 6.07) is 0. The Morgan fingerprint density at radius 3 is 2.62 bits per heavy atom. The van der Waals surface area contributed by atoms with Gasteiger partial charge in [-0.25, -0.2) is 14.6 Å². The van der Waals surface area contributed by atoms with Gasteiger partial charge < -0.3 is 20.5 Å². The Bertz CT molecular complexity index is 508. The predicted molar refractivity (Wildman–Crippen MR) is 80.4 cm³/mol. The van der Waals surface area contributed by atoms with Crippen LogP contribution in [0.3, 0.4) is 0 Å². The lowest BCUT2D eigenvalue weighted by atomic mass is 10.2. The van der Waals surface area contributed by atoms with Crippen LogP contribution < -0.4 is 11.1 Å². The average Bonchev–Trinajstić information content (AvgIpc) is 2.68. The monoisotopic (exact) mass is 315 g/mol. The summed E-state index contributed by atoms with van der Waals surface area (Å²) in [4.78, 5) is 27.2. The average molecular weight is 315 g/mol. The molecular formula is C13H21N3O4S. The topological polar surface area (TPSA) is 104 Å². The molecule has 0 radical (unpaired) electrons. The Morgan fingerprint density at radius 2 is 2.05 bits per heavy atom. The summed E-state index contributed by atoms with van der Waals surface area (Å²) >= 11 is 1.21. The zero-order valence-corrected chi connectivity index (χ0v) is 13.5. The standard InChI is InChI=1S/C13H21N3O4S/c1-5-19-11(17)9-10(14)21-8(16-9)6-7-15-12(18)20-13(2,3)4/h5-7,14H2,1-4H3,(H,15,18). The number of thiazole rings is 1. The molecule has 0 aliphatic heterocycles. The highest BCUT2D eigenvalue weighted by atomic mass is 32.1. The molecule has 0 saturated carbocycles. The van der Waals surface area contributed by atoms with Crippen molar-refractivity contribution in [3.8, 4) is 0 Å². The van der Waals surface area contributed by atoms with E-state index in [-0.39, 0.29) is 12.3 Å². The molecule has 1 aromatic rings. The van der Waals surface area contributed by atoms with Gasteiger partial charge in [0.15, 0.2) is 5.69 Å². The number of hydrogen-bond donors (Lipinski definition) is 2. The normalized spacial score (nSPS) is 11.0. The molecule has 1 rings (SSSR count). The highest BCUT2D eigenvalue weighted by molar-refractivity contribution is 7.15. The molecule has 0 fully saturated rings. The summed E-state index contributed by atoms with van der Waals surface area (Å²) < 4.78 is 9.96. The van der Waals surface area contributed by atoms with Crippen molar-refractivity contribution < 1.29 is 19.1 Å². The maximum Gasteiger partial charge on any atom is 0.407 e. The van der Waals surface area contributed by atoms with Crippen molar-refractivity contribution in [2.24, 2.45) is 0 Å². The Kier molecular flexibility index (Phi) is 5.95. The van der Waals surface area contributed by atoms with E-state index in [0.717, 1.165) is 0 Å².